The normalized spacial score (nSPS) is 10.8. The number of ketones is 1. The summed E-state index contributed by atoms with van der Waals surface area (Å²) in [5.74, 6) is -0.585. The lowest BCUT2D eigenvalue weighted by Crippen LogP contribution is -2.18. The number of pyridine rings is 1. The summed E-state index contributed by atoms with van der Waals surface area (Å²) in [6.07, 6.45) is -0.341. The van der Waals surface area contributed by atoms with Crippen molar-refractivity contribution in [3.8, 4) is 17.3 Å². The standard InChI is InChI=1S/C15H11F2N7O3/c1-24-14(27-15(18)26)11(22-23-24)9-5-21-10(6-20-9)12(25)7-2-3-8(13(16)17)19-4-7/h2-6,13H,1H3,(H2,18,26). The van der Waals surface area contributed by atoms with E-state index in [1.807, 2.05) is 0 Å². The number of rotatable bonds is 5. The Morgan fingerprint density at radius 2 is 1.93 bits per heavy atom. The summed E-state index contributed by atoms with van der Waals surface area (Å²) in [6, 6.07) is 2.29. The third kappa shape index (κ3) is 3.73. The molecule has 0 aromatic carbocycles. The van der Waals surface area contributed by atoms with Crippen LogP contribution in [0.1, 0.15) is 28.2 Å². The van der Waals surface area contributed by atoms with Gasteiger partial charge in [0.2, 0.25) is 5.78 Å². The van der Waals surface area contributed by atoms with E-state index in [1.165, 1.54) is 30.2 Å². The second-order valence-electron chi connectivity index (χ2n) is 5.18. The quantitative estimate of drug-likeness (QED) is 0.658. The van der Waals surface area contributed by atoms with Crippen molar-refractivity contribution in [1.29, 1.82) is 0 Å². The monoisotopic (exact) mass is 375 g/mol. The number of aryl methyl sites for hydroxylation is 1. The summed E-state index contributed by atoms with van der Waals surface area (Å²) in [7, 11) is 1.48. The number of ether oxygens (including phenoxy) is 1. The maximum atomic E-state index is 12.5. The van der Waals surface area contributed by atoms with Gasteiger partial charge < -0.3 is 10.5 Å². The second-order valence-corrected chi connectivity index (χ2v) is 5.18. The molecule has 0 unspecified atom stereocenters. The summed E-state index contributed by atoms with van der Waals surface area (Å²) in [5.41, 5.74) is 4.89. The van der Waals surface area contributed by atoms with E-state index in [4.69, 9.17) is 10.5 Å². The van der Waals surface area contributed by atoms with Gasteiger partial charge in [0, 0.05) is 18.8 Å². The van der Waals surface area contributed by atoms with Gasteiger partial charge in [0.05, 0.1) is 12.4 Å². The molecule has 0 aliphatic rings. The zero-order valence-corrected chi connectivity index (χ0v) is 13.7. The summed E-state index contributed by atoms with van der Waals surface area (Å²) in [5, 5.41) is 7.51. The molecule has 0 aliphatic heterocycles. The van der Waals surface area contributed by atoms with Crippen molar-refractivity contribution in [2.45, 2.75) is 6.43 Å². The number of aromatic nitrogens is 6. The first kappa shape index (κ1) is 18.0. The molecule has 10 nitrogen and oxygen atoms in total. The van der Waals surface area contributed by atoms with Gasteiger partial charge in [0.25, 0.3) is 12.3 Å². The number of amides is 1. The maximum Gasteiger partial charge on any atom is 0.411 e. The average molecular weight is 375 g/mol. The lowest BCUT2D eigenvalue weighted by atomic mass is 10.1. The predicted octanol–water partition coefficient (Wildman–Crippen LogP) is 1.29. The van der Waals surface area contributed by atoms with E-state index in [9.17, 15) is 18.4 Å². The number of nitrogens with zero attached hydrogens (tertiary/aromatic N) is 6. The van der Waals surface area contributed by atoms with Crippen molar-refractivity contribution in [3.05, 3.63) is 47.7 Å². The highest BCUT2D eigenvalue weighted by molar-refractivity contribution is 6.07. The first-order chi connectivity index (χ1) is 12.9. The first-order valence-electron chi connectivity index (χ1n) is 7.35. The number of carbonyl (C=O) groups excluding carboxylic acids is 2. The molecule has 0 fully saturated rings. The number of alkyl halides is 2. The summed E-state index contributed by atoms with van der Waals surface area (Å²) < 4.78 is 31.0. The van der Waals surface area contributed by atoms with Crippen LogP contribution in [0.2, 0.25) is 0 Å². The number of hydrogen-bond donors (Lipinski definition) is 1. The first-order valence-corrected chi connectivity index (χ1v) is 7.35. The van der Waals surface area contributed by atoms with E-state index in [0.29, 0.717) is 0 Å². The Balaban J connectivity index is 1.85. The van der Waals surface area contributed by atoms with Gasteiger partial charge in [-0.3, -0.25) is 14.8 Å². The number of nitrogens with two attached hydrogens (primary N) is 1. The molecule has 3 rings (SSSR count). The Hall–Kier alpha value is -3.83. The molecule has 0 atom stereocenters. The van der Waals surface area contributed by atoms with Crippen LogP contribution in [0.4, 0.5) is 13.6 Å². The zero-order chi connectivity index (χ0) is 19.6. The predicted molar refractivity (Wildman–Crippen MR) is 84.9 cm³/mol. The minimum atomic E-state index is -2.72. The van der Waals surface area contributed by atoms with E-state index in [0.717, 1.165) is 12.3 Å². The SMILES string of the molecule is Cn1nnc(-c2cnc(C(=O)c3ccc(C(F)F)nc3)cn2)c1OC(N)=O. The van der Waals surface area contributed by atoms with Crippen LogP contribution >= 0.6 is 0 Å². The molecule has 27 heavy (non-hydrogen) atoms. The molecule has 138 valence electrons. The number of primary amides is 1. The van der Waals surface area contributed by atoms with Crippen LogP contribution in [-0.4, -0.2) is 41.8 Å². The highest BCUT2D eigenvalue weighted by Gasteiger charge is 2.19. The largest absolute Gasteiger partial charge is 0.411 e. The van der Waals surface area contributed by atoms with E-state index in [2.05, 4.69) is 25.3 Å². The summed E-state index contributed by atoms with van der Waals surface area (Å²) in [4.78, 5) is 34.9. The van der Waals surface area contributed by atoms with E-state index >= 15 is 0 Å². The molecule has 0 radical (unpaired) electrons. The Bertz CT molecular complexity index is 988. The van der Waals surface area contributed by atoms with E-state index in [-0.39, 0.29) is 28.5 Å². The van der Waals surface area contributed by atoms with Crippen molar-refractivity contribution in [2.75, 3.05) is 0 Å². The van der Waals surface area contributed by atoms with Crippen LogP contribution in [0.25, 0.3) is 11.4 Å². The fourth-order valence-corrected chi connectivity index (χ4v) is 2.10. The van der Waals surface area contributed by atoms with Gasteiger partial charge >= 0.3 is 6.09 Å². The number of hydrogen-bond acceptors (Lipinski definition) is 8. The third-order valence-corrected chi connectivity index (χ3v) is 3.37. The van der Waals surface area contributed by atoms with Crippen molar-refractivity contribution >= 4 is 11.9 Å². The number of halogens is 2. The van der Waals surface area contributed by atoms with Crippen LogP contribution in [0, 0.1) is 0 Å². The Kier molecular flexibility index (Phi) is 4.79. The maximum absolute atomic E-state index is 12.5. The van der Waals surface area contributed by atoms with Gasteiger partial charge in [-0.05, 0) is 12.1 Å². The molecule has 12 heteroatoms. The Labute approximate surface area is 150 Å². The minimum absolute atomic E-state index is 0.0355. The van der Waals surface area contributed by atoms with Crippen molar-refractivity contribution in [3.63, 3.8) is 0 Å². The fraction of sp³-hybridized carbons (Fsp3) is 0.133. The molecular weight excluding hydrogens is 364 g/mol. The lowest BCUT2D eigenvalue weighted by Gasteiger charge is -2.04. The Morgan fingerprint density at radius 3 is 2.48 bits per heavy atom. The molecule has 0 aliphatic carbocycles. The van der Waals surface area contributed by atoms with Crippen LogP contribution in [0.5, 0.6) is 5.88 Å². The highest BCUT2D eigenvalue weighted by atomic mass is 19.3. The lowest BCUT2D eigenvalue weighted by molar-refractivity contribution is 0.103. The molecule has 2 N–H and O–H groups in total. The van der Waals surface area contributed by atoms with Gasteiger partial charge in [-0.15, -0.1) is 5.10 Å². The topological polar surface area (TPSA) is 139 Å². The van der Waals surface area contributed by atoms with E-state index < -0.39 is 24.0 Å². The van der Waals surface area contributed by atoms with Gasteiger partial charge in [0.15, 0.2) is 5.69 Å². The minimum Gasteiger partial charge on any atom is -0.389 e. The van der Waals surface area contributed by atoms with Crippen LogP contribution in [0.3, 0.4) is 0 Å². The van der Waals surface area contributed by atoms with Gasteiger partial charge in [0.1, 0.15) is 17.1 Å². The summed E-state index contributed by atoms with van der Waals surface area (Å²) >= 11 is 0. The van der Waals surface area contributed by atoms with Gasteiger partial charge in [-0.2, -0.15) is 0 Å². The van der Waals surface area contributed by atoms with E-state index in [1.54, 1.807) is 0 Å². The molecule has 0 bridgehead atoms. The van der Waals surface area contributed by atoms with Gasteiger partial charge in [-0.25, -0.2) is 23.2 Å². The van der Waals surface area contributed by atoms with Crippen molar-refractivity contribution < 1.29 is 23.1 Å². The molecule has 0 spiro atoms. The molecule has 3 aromatic heterocycles. The third-order valence-electron chi connectivity index (χ3n) is 3.37. The van der Waals surface area contributed by atoms with Crippen LogP contribution < -0.4 is 10.5 Å². The molecule has 1 amide bonds. The highest BCUT2D eigenvalue weighted by Crippen LogP contribution is 2.25. The van der Waals surface area contributed by atoms with Crippen LogP contribution in [0.15, 0.2) is 30.7 Å². The van der Waals surface area contributed by atoms with Crippen molar-refractivity contribution in [2.24, 2.45) is 12.8 Å². The van der Waals surface area contributed by atoms with Crippen LogP contribution in [-0.2, 0) is 7.05 Å². The zero-order valence-electron chi connectivity index (χ0n) is 13.7. The molecule has 0 saturated carbocycles. The summed E-state index contributed by atoms with van der Waals surface area (Å²) in [6.45, 7) is 0. The molecule has 0 saturated heterocycles. The number of carbonyl (C=O) groups is 2. The van der Waals surface area contributed by atoms with Crippen molar-refractivity contribution in [1.82, 2.24) is 29.9 Å². The molecule has 3 heterocycles. The average Bonchev–Trinajstić information content (AvgIpc) is 3.01. The molecular formula is C15H11F2N7O3. The fourth-order valence-electron chi connectivity index (χ4n) is 2.10. The molecule has 3 aromatic rings. The second kappa shape index (κ2) is 7.19. The Morgan fingerprint density at radius 1 is 1.15 bits per heavy atom. The van der Waals surface area contributed by atoms with Gasteiger partial charge in [-0.1, -0.05) is 5.21 Å². The smallest absolute Gasteiger partial charge is 0.389 e.